The molecule has 3 rings (SSSR count). The van der Waals surface area contributed by atoms with E-state index in [2.05, 4.69) is 20.9 Å². The summed E-state index contributed by atoms with van der Waals surface area (Å²) in [5.74, 6) is -1.30. The number of aryl methyl sites for hydroxylation is 1. The highest BCUT2D eigenvalue weighted by molar-refractivity contribution is 7.80. The van der Waals surface area contributed by atoms with E-state index in [-0.39, 0.29) is 32.8 Å². The van der Waals surface area contributed by atoms with E-state index in [4.69, 9.17) is 17.3 Å². The van der Waals surface area contributed by atoms with Crippen LogP contribution >= 0.6 is 23.6 Å². The topological polar surface area (TPSA) is 112 Å². The maximum atomic E-state index is 12.8. The van der Waals surface area contributed by atoms with Crippen LogP contribution in [0.2, 0.25) is 0 Å². The second-order valence-corrected chi connectivity index (χ2v) is 7.97. The van der Waals surface area contributed by atoms with Crippen LogP contribution in [0, 0.1) is 0 Å². The highest BCUT2D eigenvalue weighted by Gasteiger charge is 2.30. The maximum absolute atomic E-state index is 12.8. The van der Waals surface area contributed by atoms with Gasteiger partial charge in [0.15, 0.2) is 16.6 Å². The van der Waals surface area contributed by atoms with E-state index in [9.17, 15) is 23.1 Å². The first-order valence-corrected chi connectivity index (χ1v) is 10.1. The van der Waals surface area contributed by atoms with E-state index in [1.165, 1.54) is 22.9 Å². The van der Waals surface area contributed by atoms with E-state index < -0.39 is 17.7 Å². The Bertz CT molecular complexity index is 1200. The summed E-state index contributed by atoms with van der Waals surface area (Å²) in [5, 5.41) is 31.2. The van der Waals surface area contributed by atoms with Crippen LogP contribution in [0.25, 0.3) is 11.3 Å². The van der Waals surface area contributed by atoms with Crippen molar-refractivity contribution in [2.75, 3.05) is 5.32 Å². The van der Waals surface area contributed by atoms with Gasteiger partial charge in [0.2, 0.25) is 0 Å². The predicted molar refractivity (Wildman–Crippen MR) is 118 cm³/mol. The largest absolute Gasteiger partial charge is 0.504 e. The van der Waals surface area contributed by atoms with Crippen LogP contribution < -0.4 is 10.7 Å². The fraction of sp³-hybridized carbons (Fsp3) is 0.158. The van der Waals surface area contributed by atoms with Crippen molar-refractivity contribution in [2.24, 2.45) is 12.1 Å². The van der Waals surface area contributed by atoms with Crippen LogP contribution in [0.4, 0.5) is 18.2 Å². The number of thiophene rings is 1. The van der Waals surface area contributed by atoms with E-state index in [1.807, 2.05) is 0 Å². The molecule has 0 bridgehead atoms. The van der Waals surface area contributed by atoms with Crippen LogP contribution in [0.1, 0.15) is 27.9 Å². The summed E-state index contributed by atoms with van der Waals surface area (Å²) < 4.78 is 39.7. The Balaban J connectivity index is 1.75. The Morgan fingerprint density at radius 1 is 1.22 bits per heavy atom. The molecule has 0 unspecified atom stereocenters. The monoisotopic (exact) mass is 483 g/mol. The number of benzene rings is 1. The summed E-state index contributed by atoms with van der Waals surface area (Å²) in [6.07, 6.45) is -4.46. The van der Waals surface area contributed by atoms with Crippen molar-refractivity contribution in [1.82, 2.24) is 15.2 Å². The molecule has 32 heavy (non-hydrogen) atoms. The molecule has 0 aliphatic heterocycles. The Kier molecular flexibility index (Phi) is 6.50. The van der Waals surface area contributed by atoms with Gasteiger partial charge in [-0.3, -0.25) is 10.1 Å². The lowest BCUT2D eigenvalue weighted by atomic mass is 10.1. The van der Waals surface area contributed by atoms with Crippen LogP contribution in [-0.2, 0) is 13.2 Å². The number of carboxylic acid groups (broad SMARTS) is 1. The molecule has 8 nitrogen and oxygen atoms in total. The van der Waals surface area contributed by atoms with Gasteiger partial charge < -0.3 is 15.5 Å². The van der Waals surface area contributed by atoms with E-state index in [0.717, 1.165) is 23.5 Å². The van der Waals surface area contributed by atoms with Gasteiger partial charge in [0.25, 0.3) is 0 Å². The maximum Gasteiger partial charge on any atom is 0.416 e. The minimum Gasteiger partial charge on any atom is -0.504 e. The van der Waals surface area contributed by atoms with E-state index in [0.29, 0.717) is 10.6 Å². The molecule has 0 atom stereocenters. The minimum atomic E-state index is -4.46. The number of carboxylic acids is 1. The third kappa shape index (κ3) is 5.06. The standard InChI is InChI=1S/C19H16F3N5O3S2/c1-9(24-25-18(31)23-13-8-7-12(32-13)17(29)30)14-16(28)15(27(2)26-14)10-3-5-11(6-4-10)19(20,21)22/h3-8,28H,1-2H3,(H,29,30)(H2,23,25,31)/b24-9+. The molecule has 1 aromatic carbocycles. The molecule has 0 saturated heterocycles. The van der Waals surface area contributed by atoms with Gasteiger partial charge in [-0.05, 0) is 43.4 Å². The number of rotatable bonds is 5. The molecule has 13 heteroatoms. The second-order valence-electron chi connectivity index (χ2n) is 6.48. The van der Waals surface area contributed by atoms with Gasteiger partial charge in [-0.1, -0.05) is 12.1 Å². The number of nitrogens with zero attached hydrogens (tertiary/aromatic N) is 3. The van der Waals surface area contributed by atoms with Crippen molar-refractivity contribution in [2.45, 2.75) is 13.1 Å². The molecule has 0 aliphatic rings. The number of alkyl halides is 3. The molecule has 3 aromatic rings. The molecule has 0 radical (unpaired) electrons. The lowest BCUT2D eigenvalue weighted by Gasteiger charge is -2.08. The number of aromatic nitrogens is 2. The lowest BCUT2D eigenvalue weighted by molar-refractivity contribution is -0.137. The second kappa shape index (κ2) is 8.96. The Hall–Kier alpha value is -3.45. The zero-order valence-corrected chi connectivity index (χ0v) is 18.2. The molecule has 0 aliphatic carbocycles. The van der Waals surface area contributed by atoms with Crippen LogP contribution in [0.3, 0.4) is 0 Å². The highest BCUT2D eigenvalue weighted by Crippen LogP contribution is 2.35. The van der Waals surface area contributed by atoms with Gasteiger partial charge in [0, 0.05) is 12.6 Å². The SMILES string of the molecule is C/C(=N\NC(=S)Nc1ccc(C(=O)O)s1)c1nn(C)c(-c2ccc(C(F)(F)F)cc2)c1O. The number of thiocarbonyl (C=S) groups is 1. The van der Waals surface area contributed by atoms with Gasteiger partial charge >= 0.3 is 12.1 Å². The van der Waals surface area contributed by atoms with Crippen molar-refractivity contribution < 1.29 is 28.2 Å². The summed E-state index contributed by atoms with van der Waals surface area (Å²) in [5.41, 5.74) is 2.72. The number of aromatic carboxylic acids is 1. The molecule has 0 fully saturated rings. The van der Waals surface area contributed by atoms with Crippen molar-refractivity contribution >= 4 is 45.3 Å². The number of carbonyl (C=O) groups is 1. The van der Waals surface area contributed by atoms with Gasteiger partial charge in [0.05, 0.1) is 16.3 Å². The first-order chi connectivity index (χ1) is 15.0. The molecule has 0 saturated carbocycles. The van der Waals surface area contributed by atoms with Crippen molar-refractivity contribution in [3.8, 4) is 17.0 Å². The van der Waals surface area contributed by atoms with Gasteiger partial charge in [-0.15, -0.1) is 11.3 Å². The molecule has 2 heterocycles. The third-order valence-corrected chi connectivity index (χ3v) is 5.41. The number of hydrazone groups is 1. The first-order valence-electron chi connectivity index (χ1n) is 8.85. The lowest BCUT2D eigenvalue weighted by Crippen LogP contribution is -2.24. The van der Waals surface area contributed by atoms with Crippen molar-refractivity contribution in [1.29, 1.82) is 0 Å². The Morgan fingerprint density at radius 2 is 1.88 bits per heavy atom. The van der Waals surface area contributed by atoms with Gasteiger partial charge in [0.1, 0.15) is 10.6 Å². The quantitative estimate of drug-likeness (QED) is 0.243. The normalized spacial score (nSPS) is 12.0. The molecule has 0 amide bonds. The molecule has 2 aromatic heterocycles. The van der Waals surface area contributed by atoms with Crippen LogP contribution in [-0.4, -0.2) is 36.8 Å². The molecular weight excluding hydrogens is 467 g/mol. The number of nitrogens with one attached hydrogen (secondary N) is 2. The summed E-state index contributed by atoms with van der Waals surface area (Å²) in [6, 6.07) is 7.34. The summed E-state index contributed by atoms with van der Waals surface area (Å²) in [4.78, 5) is 11.1. The summed E-state index contributed by atoms with van der Waals surface area (Å²) in [6.45, 7) is 1.56. The van der Waals surface area contributed by atoms with Gasteiger partial charge in [-0.25, -0.2) is 4.79 Å². The highest BCUT2D eigenvalue weighted by atomic mass is 32.1. The number of aromatic hydroxyl groups is 1. The molecule has 0 spiro atoms. The number of hydrogen-bond donors (Lipinski definition) is 4. The smallest absolute Gasteiger partial charge is 0.416 e. The van der Waals surface area contributed by atoms with Crippen LogP contribution in [0.15, 0.2) is 41.5 Å². The Morgan fingerprint density at radius 3 is 2.44 bits per heavy atom. The zero-order chi connectivity index (χ0) is 23.6. The van der Waals surface area contributed by atoms with E-state index >= 15 is 0 Å². The first kappa shape index (κ1) is 23.2. The third-order valence-electron chi connectivity index (χ3n) is 4.23. The number of anilines is 1. The average Bonchev–Trinajstić information content (AvgIpc) is 3.30. The Labute approximate surface area is 189 Å². The summed E-state index contributed by atoms with van der Waals surface area (Å²) >= 11 is 6.11. The van der Waals surface area contributed by atoms with Crippen LogP contribution in [0.5, 0.6) is 5.75 Å². The number of halogens is 3. The van der Waals surface area contributed by atoms with Crippen molar-refractivity contribution in [3.63, 3.8) is 0 Å². The molecular formula is C19H16F3N5O3S2. The van der Waals surface area contributed by atoms with E-state index in [1.54, 1.807) is 20.0 Å². The summed E-state index contributed by atoms with van der Waals surface area (Å²) in [7, 11) is 1.54. The average molecular weight is 483 g/mol. The predicted octanol–water partition coefficient (Wildman–Crippen LogP) is 4.28. The fourth-order valence-corrected chi connectivity index (χ4v) is 3.71. The zero-order valence-electron chi connectivity index (χ0n) is 16.6. The number of hydrogen-bond acceptors (Lipinski definition) is 6. The minimum absolute atomic E-state index is 0.0847. The van der Waals surface area contributed by atoms with Crippen molar-refractivity contribution in [3.05, 3.63) is 52.5 Å². The fourth-order valence-electron chi connectivity index (χ4n) is 2.74. The molecule has 4 N–H and O–H groups in total. The molecule has 168 valence electrons. The van der Waals surface area contributed by atoms with Gasteiger partial charge in [-0.2, -0.15) is 23.4 Å².